The van der Waals surface area contributed by atoms with Crippen LogP contribution in [0.5, 0.6) is 0 Å². The largest absolute Gasteiger partial charge is 0.312 e. The molecule has 2 heterocycles. The van der Waals surface area contributed by atoms with Gasteiger partial charge in [-0.1, -0.05) is 19.8 Å². The lowest BCUT2D eigenvalue weighted by Crippen LogP contribution is -2.45. The van der Waals surface area contributed by atoms with Gasteiger partial charge in [-0.3, -0.25) is 4.90 Å². The molecule has 2 saturated heterocycles. The van der Waals surface area contributed by atoms with Crippen LogP contribution >= 0.6 is 0 Å². The van der Waals surface area contributed by atoms with Gasteiger partial charge in [0.15, 0.2) is 0 Å². The number of likely N-dealkylation sites (tertiary alicyclic amines) is 1. The van der Waals surface area contributed by atoms with Crippen molar-refractivity contribution in [3.8, 4) is 0 Å². The van der Waals surface area contributed by atoms with Crippen LogP contribution in [0.4, 0.5) is 0 Å². The third-order valence-corrected chi connectivity index (χ3v) is 5.51. The van der Waals surface area contributed by atoms with Crippen LogP contribution in [-0.4, -0.2) is 36.6 Å². The Morgan fingerprint density at radius 1 is 1.06 bits per heavy atom. The minimum absolute atomic E-state index is 0.813. The lowest BCUT2D eigenvalue weighted by atomic mass is 9.82. The van der Waals surface area contributed by atoms with E-state index < -0.39 is 0 Å². The highest BCUT2D eigenvalue weighted by Gasteiger charge is 2.34. The van der Waals surface area contributed by atoms with Gasteiger partial charge in [0.1, 0.15) is 0 Å². The molecule has 1 N–H and O–H groups in total. The van der Waals surface area contributed by atoms with Crippen LogP contribution in [-0.2, 0) is 0 Å². The van der Waals surface area contributed by atoms with E-state index in [1.54, 1.807) is 0 Å². The first kappa shape index (κ1) is 12.9. The minimum atomic E-state index is 0.813. The molecule has 3 aliphatic rings. The van der Waals surface area contributed by atoms with Gasteiger partial charge in [0, 0.05) is 18.6 Å². The third-order valence-electron chi connectivity index (χ3n) is 5.51. The predicted molar refractivity (Wildman–Crippen MR) is 76.7 cm³/mol. The summed E-state index contributed by atoms with van der Waals surface area (Å²) in [5, 5.41) is 3.73. The van der Waals surface area contributed by atoms with E-state index in [1.807, 2.05) is 0 Å². The van der Waals surface area contributed by atoms with Gasteiger partial charge in [0.25, 0.3) is 0 Å². The highest BCUT2D eigenvalue weighted by molar-refractivity contribution is 4.93. The van der Waals surface area contributed by atoms with Gasteiger partial charge in [-0.05, 0) is 63.5 Å². The first-order chi connectivity index (χ1) is 8.83. The quantitative estimate of drug-likeness (QED) is 0.828. The van der Waals surface area contributed by atoms with Crippen molar-refractivity contribution >= 4 is 0 Å². The van der Waals surface area contributed by atoms with Crippen LogP contribution < -0.4 is 5.32 Å². The zero-order chi connectivity index (χ0) is 12.4. The van der Waals surface area contributed by atoms with Crippen molar-refractivity contribution in [3.05, 3.63) is 0 Å². The Hall–Kier alpha value is -0.0800. The number of nitrogens with zero attached hydrogens (tertiary/aromatic N) is 1. The van der Waals surface area contributed by atoms with Gasteiger partial charge in [0.05, 0.1) is 0 Å². The van der Waals surface area contributed by atoms with E-state index in [1.165, 1.54) is 71.0 Å². The molecule has 2 heteroatoms. The van der Waals surface area contributed by atoms with E-state index in [2.05, 4.69) is 17.1 Å². The Bertz CT molecular complexity index is 260. The molecule has 0 amide bonds. The fraction of sp³-hybridized carbons (Fsp3) is 1.00. The molecule has 3 fully saturated rings. The standard InChI is InChI=1S/C16H30N2/c1-13-5-2-6-14(11-13)12-18-10-4-8-16(18)15-7-3-9-17-15/h13-17H,2-12H2,1H3. The number of hydrogen-bond donors (Lipinski definition) is 1. The SMILES string of the molecule is CC1CCCC(CN2CCCC2C2CCCN2)C1. The summed E-state index contributed by atoms with van der Waals surface area (Å²) in [7, 11) is 0. The van der Waals surface area contributed by atoms with E-state index in [0.29, 0.717) is 0 Å². The van der Waals surface area contributed by atoms with Crippen molar-refractivity contribution < 1.29 is 0 Å². The summed E-state index contributed by atoms with van der Waals surface area (Å²) >= 11 is 0. The molecule has 2 nitrogen and oxygen atoms in total. The fourth-order valence-electron chi connectivity index (χ4n) is 4.63. The van der Waals surface area contributed by atoms with E-state index in [4.69, 9.17) is 0 Å². The Morgan fingerprint density at radius 3 is 2.78 bits per heavy atom. The Kier molecular flexibility index (Phi) is 4.25. The average molecular weight is 250 g/mol. The second kappa shape index (κ2) is 5.92. The molecule has 3 rings (SSSR count). The Morgan fingerprint density at radius 2 is 2.00 bits per heavy atom. The van der Waals surface area contributed by atoms with Crippen LogP contribution in [0, 0.1) is 11.8 Å². The van der Waals surface area contributed by atoms with E-state index in [-0.39, 0.29) is 0 Å². The second-order valence-corrected chi connectivity index (χ2v) is 7.05. The first-order valence-electron chi connectivity index (χ1n) is 8.30. The Balaban J connectivity index is 1.54. The van der Waals surface area contributed by atoms with Gasteiger partial charge in [-0.25, -0.2) is 0 Å². The second-order valence-electron chi connectivity index (χ2n) is 7.05. The summed E-state index contributed by atoms with van der Waals surface area (Å²) in [6.45, 7) is 6.47. The molecule has 0 aromatic carbocycles. The van der Waals surface area contributed by atoms with Crippen LogP contribution in [0.1, 0.15) is 58.3 Å². The zero-order valence-electron chi connectivity index (χ0n) is 12.0. The van der Waals surface area contributed by atoms with Crippen molar-refractivity contribution in [2.24, 2.45) is 11.8 Å². The molecule has 18 heavy (non-hydrogen) atoms. The van der Waals surface area contributed by atoms with Gasteiger partial charge in [-0.2, -0.15) is 0 Å². The van der Waals surface area contributed by atoms with Crippen LogP contribution in [0.15, 0.2) is 0 Å². The smallest absolute Gasteiger partial charge is 0.0249 e. The summed E-state index contributed by atoms with van der Waals surface area (Å²) in [6, 6.07) is 1.68. The Labute approximate surface area is 113 Å². The van der Waals surface area contributed by atoms with E-state index in [0.717, 1.165) is 23.9 Å². The number of hydrogen-bond acceptors (Lipinski definition) is 2. The maximum Gasteiger partial charge on any atom is 0.0249 e. The lowest BCUT2D eigenvalue weighted by molar-refractivity contribution is 0.151. The molecule has 0 aromatic rings. The molecule has 4 unspecified atom stereocenters. The molecule has 2 aliphatic heterocycles. The summed E-state index contributed by atoms with van der Waals surface area (Å²) in [5.74, 6) is 1.98. The molecule has 4 atom stereocenters. The van der Waals surface area contributed by atoms with Crippen LogP contribution in [0.3, 0.4) is 0 Å². The minimum Gasteiger partial charge on any atom is -0.312 e. The first-order valence-corrected chi connectivity index (χ1v) is 8.30. The average Bonchev–Trinajstić information content (AvgIpc) is 2.98. The van der Waals surface area contributed by atoms with Gasteiger partial charge >= 0.3 is 0 Å². The van der Waals surface area contributed by atoms with E-state index >= 15 is 0 Å². The highest BCUT2D eigenvalue weighted by Crippen LogP contribution is 2.32. The van der Waals surface area contributed by atoms with Crippen molar-refractivity contribution in [1.82, 2.24) is 10.2 Å². The fourth-order valence-corrected chi connectivity index (χ4v) is 4.63. The predicted octanol–water partition coefficient (Wildman–Crippen LogP) is 3.03. The van der Waals surface area contributed by atoms with Crippen LogP contribution in [0.25, 0.3) is 0 Å². The van der Waals surface area contributed by atoms with Crippen molar-refractivity contribution in [2.45, 2.75) is 70.4 Å². The lowest BCUT2D eigenvalue weighted by Gasteiger charge is -2.35. The number of rotatable bonds is 3. The van der Waals surface area contributed by atoms with Gasteiger partial charge in [0.2, 0.25) is 0 Å². The summed E-state index contributed by atoms with van der Waals surface area (Å²) in [6.07, 6.45) is 11.6. The normalized spacial score (nSPS) is 42.5. The molecule has 0 aromatic heterocycles. The zero-order valence-corrected chi connectivity index (χ0v) is 12.0. The summed E-state index contributed by atoms with van der Waals surface area (Å²) in [4.78, 5) is 2.84. The van der Waals surface area contributed by atoms with Gasteiger partial charge < -0.3 is 5.32 Å². The monoisotopic (exact) mass is 250 g/mol. The van der Waals surface area contributed by atoms with E-state index in [9.17, 15) is 0 Å². The number of nitrogens with one attached hydrogen (secondary N) is 1. The molecular weight excluding hydrogens is 220 g/mol. The summed E-state index contributed by atoms with van der Waals surface area (Å²) in [5.41, 5.74) is 0. The third kappa shape index (κ3) is 2.91. The molecule has 1 saturated carbocycles. The molecule has 0 spiro atoms. The summed E-state index contributed by atoms with van der Waals surface area (Å²) < 4.78 is 0. The van der Waals surface area contributed by atoms with Crippen LogP contribution in [0.2, 0.25) is 0 Å². The highest BCUT2D eigenvalue weighted by atomic mass is 15.2. The molecule has 104 valence electrons. The maximum absolute atomic E-state index is 3.73. The molecular formula is C16H30N2. The van der Waals surface area contributed by atoms with Crippen molar-refractivity contribution in [3.63, 3.8) is 0 Å². The molecule has 1 aliphatic carbocycles. The van der Waals surface area contributed by atoms with Crippen molar-refractivity contribution in [1.29, 1.82) is 0 Å². The van der Waals surface area contributed by atoms with Gasteiger partial charge in [-0.15, -0.1) is 0 Å². The topological polar surface area (TPSA) is 15.3 Å². The molecule has 0 radical (unpaired) electrons. The maximum atomic E-state index is 3.73. The molecule has 0 bridgehead atoms. The van der Waals surface area contributed by atoms with Crippen molar-refractivity contribution in [2.75, 3.05) is 19.6 Å².